The van der Waals surface area contributed by atoms with E-state index in [0.29, 0.717) is 11.3 Å². The van der Waals surface area contributed by atoms with Crippen molar-refractivity contribution in [2.45, 2.75) is 0 Å². The molecule has 0 bridgehead atoms. The molecule has 4 heteroatoms. The number of nitrogens with zero attached hydrogens (tertiary/aromatic N) is 3. The summed E-state index contributed by atoms with van der Waals surface area (Å²) in [6, 6.07) is 64.2. The smallest absolute Gasteiger partial charge is 0.188 e. The Bertz CT molecular complexity index is 2430. The van der Waals surface area contributed by atoms with Crippen molar-refractivity contribution < 1.29 is 0 Å². The molecule has 0 N–H and O–H groups in total. The van der Waals surface area contributed by atoms with Crippen molar-refractivity contribution in [3.8, 4) is 22.9 Å². The monoisotopic (exact) mass is 627 g/mol. The summed E-state index contributed by atoms with van der Waals surface area (Å²) in [4.78, 5) is 3.73. The molecule has 1 aromatic heterocycles. The first kappa shape index (κ1) is 29.0. The molecule has 3 nitrogen and oxygen atoms in total. The standard InChI is InChI=1S/C44H29N3Si/c1-46-33-26-27-43-39(30-33)37-21-11-13-23-41(37)47(43)42-24-14-12-22-38(42)40-29-32(31-45)25-28-44(40)48(34-15-5-2-6-16-34,35-17-7-3-8-18-35)36-19-9-4-10-20-36/h2-30H. The van der Waals surface area contributed by atoms with Gasteiger partial charge in [-0.3, -0.25) is 0 Å². The number of benzene rings is 7. The van der Waals surface area contributed by atoms with E-state index in [2.05, 4.69) is 173 Å². The summed E-state index contributed by atoms with van der Waals surface area (Å²) in [6.07, 6.45) is 0. The topological polar surface area (TPSA) is 33.1 Å². The van der Waals surface area contributed by atoms with Gasteiger partial charge in [0.15, 0.2) is 13.8 Å². The summed E-state index contributed by atoms with van der Waals surface area (Å²) in [6.45, 7) is 7.67. The highest BCUT2D eigenvalue weighted by Gasteiger charge is 2.43. The average Bonchev–Trinajstić information content (AvgIpc) is 3.50. The minimum absolute atomic E-state index is 0.615. The Morgan fingerprint density at radius 2 is 1.08 bits per heavy atom. The van der Waals surface area contributed by atoms with E-state index in [9.17, 15) is 5.26 Å². The van der Waals surface area contributed by atoms with Gasteiger partial charge in [-0.1, -0.05) is 140 Å². The number of aromatic nitrogens is 1. The van der Waals surface area contributed by atoms with E-state index in [1.165, 1.54) is 20.7 Å². The number of fused-ring (bicyclic) bond motifs is 3. The maximum atomic E-state index is 10.3. The molecule has 0 atom stereocenters. The first-order chi connectivity index (χ1) is 23.7. The summed E-state index contributed by atoms with van der Waals surface area (Å²) in [5.41, 5.74) is 6.44. The molecule has 0 aliphatic carbocycles. The number of para-hydroxylation sites is 2. The Morgan fingerprint density at radius 1 is 0.521 bits per heavy atom. The zero-order valence-electron chi connectivity index (χ0n) is 26.1. The quantitative estimate of drug-likeness (QED) is 0.104. The Hall–Kier alpha value is -6.46. The highest BCUT2D eigenvalue weighted by atomic mass is 28.3. The fourth-order valence-electron chi connectivity index (χ4n) is 7.38. The zero-order chi connectivity index (χ0) is 32.5. The molecule has 7 aromatic carbocycles. The number of rotatable bonds is 6. The number of hydrogen-bond donors (Lipinski definition) is 0. The second kappa shape index (κ2) is 12.0. The predicted octanol–water partition coefficient (Wildman–Crippen LogP) is 8.25. The van der Waals surface area contributed by atoms with Gasteiger partial charge in [-0.05, 0) is 68.1 Å². The van der Waals surface area contributed by atoms with Gasteiger partial charge in [0.05, 0.1) is 34.9 Å². The van der Waals surface area contributed by atoms with Crippen LogP contribution in [0.5, 0.6) is 0 Å². The number of hydrogen-bond acceptors (Lipinski definition) is 1. The SMILES string of the molecule is [C-]#[N+]c1ccc2c(c1)c1ccccc1n2-c1ccccc1-c1cc(C#N)ccc1[Si](c1ccccc1)(c1ccccc1)c1ccccc1. The van der Waals surface area contributed by atoms with Gasteiger partial charge in [-0.25, -0.2) is 4.85 Å². The third-order valence-corrected chi connectivity index (χ3v) is 14.2. The van der Waals surface area contributed by atoms with Gasteiger partial charge in [0.2, 0.25) is 0 Å². The second-order valence-corrected chi connectivity index (χ2v) is 15.7. The Balaban J connectivity index is 1.52. The molecule has 224 valence electrons. The van der Waals surface area contributed by atoms with Crippen LogP contribution in [0.3, 0.4) is 0 Å². The molecular formula is C44H29N3Si. The first-order valence-corrected chi connectivity index (χ1v) is 18.0. The first-order valence-electron chi connectivity index (χ1n) is 16.0. The summed E-state index contributed by atoms with van der Waals surface area (Å²) in [5.74, 6) is 0. The minimum Gasteiger partial charge on any atom is -0.309 e. The molecule has 0 unspecified atom stereocenters. The lowest BCUT2D eigenvalue weighted by Crippen LogP contribution is -2.75. The third-order valence-electron chi connectivity index (χ3n) is 9.39. The van der Waals surface area contributed by atoms with Crippen molar-refractivity contribution in [3.05, 3.63) is 193 Å². The summed E-state index contributed by atoms with van der Waals surface area (Å²) in [7, 11) is -2.94. The molecule has 8 aromatic rings. The van der Waals surface area contributed by atoms with Gasteiger partial charge in [-0.15, -0.1) is 0 Å². The lowest BCUT2D eigenvalue weighted by atomic mass is 10.0. The van der Waals surface area contributed by atoms with Gasteiger partial charge in [0, 0.05) is 10.9 Å². The lowest BCUT2D eigenvalue weighted by Gasteiger charge is -2.36. The fraction of sp³-hybridized carbons (Fsp3) is 0. The summed E-state index contributed by atoms with van der Waals surface area (Å²) in [5, 5.41) is 17.4. The molecule has 0 radical (unpaired) electrons. The predicted molar refractivity (Wildman–Crippen MR) is 201 cm³/mol. The molecule has 0 spiro atoms. The van der Waals surface area contributed by atoms with Crippen LogP contribution in [0.2, 0.25) is 0 Å². The van der Waals surface area contributed by atoms with Gasteiger partial charge in [-0.2, -0.15) is 5.26 Å². The zero-order valence-corrected chi connectivity index (χ0v) is 27.1. The molecule has 0 aliphatic heterocycles. The summed E-state index contributed by atoms with van der Waals surface area (Å²) >= 11 is 0. The van der Waals surface area contributed by atoms with Crippen molar-refractivity contribution in [2.75, 3.05) is 0 Å². The van der Waals surface area contributed by atoms with Crippen LogP contribution in [0.15, 0.2) is 176 Å². The normalized spacial score (nSPS) is 11.3. The lowest BCUT2D eigenvalue weighted by molar-refractivity contribution is 1.18. The van der Waals surface area contributed by atoms with Crippen LogP contribution in [0.4, 0.5) is 5.69 Å². The third kappa shape index (κ3) is 4.55. The van der Waals surface area contributed by atoms with E-state index < -0.39 is 8.07 Å². The maximum absolute atomic E-state index is 10.3. The molecule has 1 heterocycles. The van der Waals surface area contributed by atoms with Crippen molar-refractivity contribution in [3.63, 3.8) is 0 Å². The molecule has 0 saturated carbocycles. The van der Waals surface area contributed by atoms with Gasteiger partial charge >= 0.3 is 0 Å². The van der Waals surface area contributed by atoms with E-state index in [1.54, 1.807) is 0 Å². The second-order valence-electron chi connectivity index (χ2n) is 11.9. The van der Waals surface area contributed by atoms with E-state index in [-0.39, 0.29) is 0 Å². The van der Waals surface area contributed by atoms with Crippen molar-refractivity contribution in [2.24, 2.45) is 0 Å². The molecule has 0 fully saturated rings. The van der Waals surface area contributed by atoms with Crippen LogP contribution in [-0.2, 0) is 0 Å². The van der Waals surface area contributed by atoms with Crippen LogP contribution in [0.1, 0.15) is 5.56 Å². The maximum Gasteiger partial charge on any atom is 0.188 e. The molecule has 0 amide bonds. The highest BCUT2D eigenvalue weighted by molar-refractivity contribution is 7.20. The van der Waals surface area contributed by atoms with Gasteiger partial charge in [0.1, 0.15) is 0 Å². The Kier molecular flexibility index (Phi) is 7.27. The van der Waals surface area contributed by atoms with Crippen LogP contribution in [-0.4, -0.2) is 12.6 Å². The van der Waals surface area contributed by atoms with Crippen molar-refractivity contribution >= 4 is 56.3 Å². The Morgan fingerprint density at radius 3 is 1.71 bits per heavy atom. The van der Waals surface area contributed by atoms with E-state index in [4.69, 9.17) is 6.57 Å². The Labute approximate surface area is 281 Å². The van der Waals surface area contributed by atoms with Gasteiger partial charge < -0.3 is 4.57 Å². The largest absolute Gasteiger partial charge is 0.309 e. The molecule has 0 aliphatic rings. The van der Waals surface area contributed by atoms with Crippen molar-refractivity contribution in [1.82, 2.24) is 4.57 Å². The highest BCUT2D eigenvalue weighted by Crippen LogP contribution is 2.37. The van der Waals surface area contributed by atoms with E-state index in [1.807, 2.05) is 18.2 Å². The average molecular weight is 628 g/mol. The summed E-state index contributed by atoms with van der Waals surface area (Å²) < 4.78 is 2.31. The van der Waals surface area contributed by atoms with Crippen LogP contribution in [0.25, 0.3) is 43.5 Å². The van der Waals surface area contributed by atoms with Crippen LogP contribution in [0, 0.1) is 17.9 Å². The van der Waals surface area contributed by atoms with Crippen LogP contribution >= 0.6 is 0 Å². The van der Waals surface area contributed by atoms with E-state index in [0.717, 1.165) is 38.6 Å². The van der Waals surface area contributed by atoms with E-state index >= 15 is 0 Å². The van der Waals surface area contributed by atoms with Crippen molar-refractivity contribution in [1.29, 1.82) is 5.26 Å². The molecule has 0 saturated heterocycles. The van der Waals surface area contributed by atoms with Gasteiger partial charge in [0.25, 0.3) is 0 Å². The molecule has 48 heavy (non-hydrogen) atoms. The fourth-order valence-corrected chi connectivity index (χ4v) is 12.3. The number of nitriles is 1. The molecular weight excluding hydrogens is 599 g/mol. The van der Waals surface area contributed by atoms with Crippen LogP contribution < -0.4 is 20.7 Å². The molecule has 8 rings (SSSR count). The minimum atomic E-state index is -2.94.